The second kappa shape index (κ2) is 5.45. The molecule has 1 rings (SSSR count). The normalized spacial score (nSPS) is 12.1. The van der Waals surface area contributed by atoms with Gasteiger partial charge in [-0.15, -0.1) is 6.58 Å². The highest BCUT2D eigenvalue weighted by Gasteiger charge is 2.24. The van der Waals surface area contributed by atoms with Crippen molar-refractivity contribution in [1.29, 1.82) is 0 Å². The van der Waals surface area contributed by atoms with Gasteiger partial charge in [-0.1, -0.05) is 6.08 Å². The summed E-state index contributed by atoms with van der Waals surface area (Å²) in [5.41, 5.74) is 6.53. The molecule has 0 spiro atoms. The quantitative estimate of drug-likeness (QED) is 0.467. The topological polar surface area (TPSA) is 89.4 Å². The van der Waals surface area contributed by atoms with Gasteiger partial charge in [0.1, 0.15) is 5.75 Å². The summed E-state index contributed by atoms with van der Waals surface area (Å²) in [5.74, 6) is -0.0873. The summed E-state index contributed by atoms with van der Waals surface area (Å²) in [6, 6.07) is 2.32. The third kappa shape index (κ3) is 2.82. The lowest BCUT2D eigenvalue weighted by atomic mass is 9.97. The molecule has 0 fully saturated rings. The first-order chi connectivity index (χ1) is 7.99. The van der Waals surface area contributed by atoms with Crippen LogP contribution >= 0.6 is 0 Å². The van der Waals surface area contributed by atoms with Gasteiger partial charge in [0.05, 0.1) is 10.5 Å². The molecule has 0 saturated heterocycles. The second-order valence-electron chi connectivity index (χ2n) is 3.89. The number of nitrogens with zero attached hydrogens (tertiary/aromatic N) is 1. The lowest BCUT2D eigenvalue weighted by Gasteiger charge is -2.14. The van der Waals surface area contributed by atoms with Crippen LogP contribution in [0.5, 0.6) is 5.75 Å². The summed E-state index contributed by atoms with van der Waals surface area (Å²) in [5, 5.41) is 20.8. The first-order valence-corrected chi connectivity index (χ1v) is 5.32. The Balaban J connectivity index is 3.22. The van der Waals surface area contributed by atoms with Gasteiger partial charge in [-0.3, -0.25) is 10.1 Å². The van der Waals surface area contributed by atoms with Crippen LogP contribution in [0.1, 0.15) is 30.0 Å². The van der Waals surface area contributed by atoms with E-state index in [-0.39, 0.29) is 17.0 Å². The number of hydrogen-bond donors (Lipinski definition) is 2. The molecule has 0 amide bonds. The molecule has 0 aliphatic heterocycles. The van der Waals surface area contributed by atoms with E-state index in [2.05, 4.69) is 6.58 Å². The molecule has 0 radical (unpaired) electrons. The summed E-state index contributed by atoms with van der Waals surface area (Å²) in [6.45, 7) is 5.26. The molecule has 0 heterocycles. The monoisotopic (exact) mass is 236 g/mol. The van der Waals surface area contributed by atoms with E-state index in [4.69, 9.17) is 5.73 Å². The van der Waals surface area contributed by atoms with Gasteiger partial charge in [0.2, 0.25) is 0 Å². The smallest absolute Gasteiger partial charge is 0.277 e. The van der Waals surface area contributed by atoms with Crippen molar-refractivity contribution >= 4 is 5.69 Å². The third-order valence-electron chi connectivity index (χ3n) is 2.65. The Labute approximate surface area is 99.7 Å². The number of nitrogens with two attached hydrogens (primary N) is 1. The molecule has 0 unspecified atom stereocenters. The largest absolute Gasteiger partial charge is 0.507 e. The molecule has 1 aromatic carbocycles. The Morgan fingerprint density at radius 3 is 2.82 bits per heavy atom. The van der Waals surface area contributed by atoms with Crippen LogP contribution in [-0.2, 0) is 0 Å². The number of nitro groups is 1. The Hall–Kier alpha value is -1.88. The molecule has 5 heteroatoms. The highest BCUT2D eigenvalue weighted by atomic mass is 16.6. The SMILES string of the molecule is C=CCC[C@@H](N)c1c([N+](=O)[O-])ccc(C)c1O. The molecule has 0 saturated carbocycles. The molecule has 3 N–H and O–H groups in total. The fraction of sp³-hybridized carbons (Fsp3) is 0.333. The lowest BCUT2D eigenvalue weighted by Crippen LogP contribution is -2.12. The van der Waals surface area contributed by atoms with Gasteiger partial charge >= 0.3 is 0 Å². The van der Waals surface area contributed by atoms with Crippen molar-refractivity contribution in [3.8, 4) is 5.75 Å². The van der Waals surface area contributed by atoms with Gasteiger partial charge < -0.3 is 10.8 Å². The van der Waals surface area contributed by atoms with E-state index in [1.54, 1.807) is 13.0 Å². The summed E-state index contributed by atoms with van der Waals surface area (Å²) >= 11 is 0. The number of phenolic OH excluding ortho intramolecular Hbond substituents is 1. The van der Waals surface area contributed by atoms with Crippen LogP contribution in [0.4, 0.5) is 5.69 Å². The number of nitro benzene ring substituents is 1. The Bertz CT molecular complexity index is 444. The Morgan fingerprint density at radius 1 is 1.65 bits per heavy atom. The van der Waals surface area contributed by atoms with Crippen molar-refractivity contribution in [2.45, 2.75) is 25.8 Å². The zero-order chi connectivity index (χ0) is 13.0. The van der Waals surface area contributed by atoms with Crippen LogP contribution in [0, 0.1) is 17.0 Å². The average Bonchev–Trinajstić information content (AvgIpc) is 2.28. The van der Waals surface area contributed by atoms with Crippen molar-refractivity contribution in [2.75, 3.05) is 0 Å². The lowest BCUT2D eigenvalue weighted by molar-refractivity contribution is -0.385. The van der Waals surface area contributed by atoms with Gasteiger partial charge in [0, 0.05) is 12.1 Å². The van der Waals surface area contributed by atoms with Gasteiger partial charge in [-0.05, 0) is 31.4 Å². The minimum atomic E-state index is -0.562. The van der Waals surface area contributed by atoms with Gasteiger partial charge in [0.15, 0.2) is 0 Å². The fourth-order valence-electron chi connectivity index (χ4n) is 1.67. The average molecular weight is 236 g/mol. The molecule has 5 nitrogen and oxygen atoms in total. The Kier molecular flexibility index (Phi) is 4.23. The van der Waals surface area contributed by atoms with E-state index in [0.717, 1.165) is 0 Å². The molecule has 0 aliphatic carbocycles. The summed E-state index contributed by atoms with van der Waals surface area (Å²) < 4.78 is 0. The standard InChI is InChI=1S/C12H16N2O3/c1-3-4-5-9(13)11-10(14(16)17)7-6-8(2)12(11)15/h3,6-7,9,15H,1,4-5,13H2,2H3/t9-/m1/s1. The van der Waals surface area contributed by atoms with Crippen LogP contribution in [0.3, 0.4) is 0 Å². The van der Waals surface area contributed by atoms with Crippen molar-refractivity contribution in [3.63, 3.8) is 0 Å². The van der Waals surface area contributed by atoms with E-state index < -0.39 is 11.0 Å². The highest BCUT2D eigenvalue weighted by molar-refractivity contribution is 5.54. The number of aryl methyl sites for hydroxylation is 1. The molecule has 0 bridgehead atoms. The minimum Gasteiger partial charge on any atom is -0.507 e. The molecule has 0 aliphatic rings. The predicted molar refractivity (Wildman–Crippen MR) is 65.9 cm³/mol. The zero-order valence-corrected chi connectivity index (χ0v) is 9.72. The van der Waals surface area contributed by atoms with Crippen molar-refractivity contribution in [2.24, 2.45) is 5.73 Å². The van der Waals surface area contributed by atoms with E-state index in [9.17, 15) is 15.2 Å². The second-order valence-corrected chi connectivity index (χ2v) is 3.89. The molecule has 17 heavy (non-hydrogen) atoms. The van der Waals surface area contributed by atoms with Crippen LogP contribution < -0.4 is 5.73 Å². The number of benzene rings is 1. The van der Waals surface area contributed by atoms with Crippen LogP contribution in [0.25, 0.3) is 0 Å². The van der Waals surface area contributed by atoms with Crippen molar-refractivity contribution in [1.82, 2.24) is 0 Å². The van der Waals surface area contributed by atoms with Crippen LogP contribution in [0.2, 0.25) is 0 Å². The molecule has 0 aromatic heterocycles. The van der Waals surface area contributed by atoms with Gasteiger partial charge in [0.25, 0.3) is 5.69 Å². The molecule has 1 atom stereocenters. The van der Waals surface area contributed by atoms with Gasteiger partial charge in [-0.25, -0.2) is 0 Å². The maximum atomic E-state index is 10.9. The predicted octanol–water partition coefficient (Wildman–Crippen LogP) is 2.57. The minimum absolute atomic E-state index is 0.0873. The van der Waals surface area contributed by atoms with Crippen LogP contribution in [-0.4, -0.2) is 10.0 Å². The number of phenols is 1. The van der Waals surface area contributed by atoms with E-state index in [0.29, 0.717) is 18.4 Å². The summed E-state index contributed by atoms with van der Waals surface area (Å²) in [6.07, 6.45) is 2.85. The number of hydrogen-bond acceptors (Lipinski definition) is 4. The molecule has 1 aromatic rings. The first-order valence-electron chi connectivity index (χ1n) is 5.32. The third-order valence-corrected chi connectivity index (χ3v) is 2.65. The summed E-state index contributed by atoms with van der Waals surface area (Å²) in [4.78, 5) is 10.4. The van der Waals surface area contributed by atoms with Crippen molar-refractivity contribution < 1.29 is 10.0 Å². The van der Waals surface area contributed by atoms with E-state index in [1.165, 1.54) is 12.1 Å². The molecular weight excluding hydrogens is 220 g/mol. The number of allylic oxidation sites excluding steroid dienone is 1. The zero-order valence-electron chi connectivity index (χ0n) is 9.72. The summed E-state index contributed by atoms with van der Waals surface area (Å²) in [7, 11) is 0. The fourth-order valence-corrected chi connectivity index (χ4v) is 1.67. The van der Waals surface area contributed by atoms with E-state index >= 15 is 0 Å². The maximum Gasteiger partial charge on any atom is 0.277 e. The number of rotatable bonds is 5. The van der Waals surface area contributed by atoms with Gasteiger partial charge in [-0.2, -0.15) is 0 Å². The van der Waals surface area contributed by atoms with Crippen molar-refractivity contribution in [3.05, 3.63) is 46.0 Å². The molecular formula is C12H16N2O3. The number of aromatic hydroxyl groups is 1. The Morgan fingerprint density at radius 2 is 2.29 bits per heavy atom. The molecule has 92 valence electrons. The first kappa shape index (κ1) is 13.2. The highest BCUT2D eigenvalue weighted by Crippen LogP contribution is 2.36. The van der Waals surface area contributed by atoms with Crippen LogP contribution in [0.15, 0.2) is 24.8 Å². The maximum absolute atomic E-state index is 10.9. The van der Waals surface area contributed by atoms with E-state index in [1.807, 2.05) is 0 Å².